The molecule has 1 N–H and O–H groups in total. The van der Waals surface area contributed by atoms with Crippen LogP contribution >= 0.6 is 0 Å². The molecule has 5 nitrogen and oxygen atoms in total. The maximum atomic E-state index is 5.20. The second kappa shape index (κ2) is 9.19. The Bertz CT molecular complexity index is 616. The summed E-state index contributed by atoms with van der Waals surface area (Å²) in [7, 11) is 1.67. The standard InChI is InChI=1S/C17H23N4O.Y/c1-6-15(13-7-9-14(22-5)10-8-13)20-17-19-12(4)18-16(21-17)11(2)3;/h7-10,15H,6H2,1-5H3,(H,18,19,20,21);/q-1;+3. The Morgan fingerprint density at radius 3 is 2.30 bits per heavy atom. The number of rotatable bonds is 6. The maximum absolute atomic E-state index is 5.20. The van der Waals surface area contributed by atoms with Crippen molar-refractivity contribution in [3.8, 4) is 5.75 Å². The summed E-state index contributed by atoms with van der Waals surface area (Å²) in [6, 6.07) is 8.21. The molecule has 6 heteroatoms. The number of hydrogen-bond acceptors (Lipinski definition) is 5. The van der Waals surface area contributed by atoms with Gasteiger partial charge in [0.05, 0.1) is 13.2 Å². The van der Waals surface area contributed by atoms with E-state index in [9.17, 15) is 0 Å². The van der Waals surface area contributed by atoms with E-state index in [0.717, 1.165) is 29.7 Å². The van der Waals surface area contributed by atoms with Crippen molar-refractivity contribution >= 4 is 5.95 Å². The van der Waals surface area contributed by atoms with Crippen LogP contribution < -0.4 is 10.1 Å². The number of hydrogen-bond donors (Lipinski definition) is 1. The van der Waals surface area contributed by atoms with Crippen LogP contribution in [0.25, 0.3) is 0 Å². The first-order valence-electron chi connectivity index (χ1n) is 7.47. The predicted octanol–water partition coefficient (Wildman–Crippen LogP) is 3.71. The molecule has 0 amide bonds. The zero-order valence-electron chi connectivity index (χ0n) is 14.4. The van der Waals surface area contributed by atoms with Gasteiger partial charge in [-0.3, -0.25) is 4.98 Å². The summed E-state index contributed by atoms with van der Waals surface area (Å²) in [4.78, 5) is 13.2. The fourth-order valence-corrected chi connectivity index (χ4v) is 2.18. The van der Waals surface area contributed by atoms with Gasteiger partial charge in [-0.2, -0.15) is 18.8 Å². The van der Waals surface area contributed by atoms with E-state index >= 15 is 0 Å². The minimum absolute atomic E-state index is 0. The van der Waals surface area contributed by atoms with Gasteiger partial charge in [0.1, 0.15) is 11.6 Å². The molecule has 0 aliphatic rings. The van der Waals surface area contributed by atoms with Crippen LogP contribution in [0.5, 0.6) is 5.75 Å². The third-order valence-electron chi connectivity index (χ3n) is 3.42. The number of methoxy groups -OCH3 is 1. The van der Waals surface area contributed by atoms with E-state index in [1.165, 1.54) is 5.56 Å². The maximum Gasteiger partial charge on any atom is 3.00 e. The smallest absolute Gasteiger partial charge is 0.497 e. The van der Waals surface area contributed by atoms with Crippen LogP contribution in [-0.2, 0) is 32.7 Å². The van der Waals surface area contributed by atoms with Crippen LogP contribution in [0.3, 0.4) is 0 Å². The summed E-state index contributed by atoms with van der Waals surface area (Å²) in [5, 5.41) is 3.40. The van der Waals surface area contributed by atoms with Crippen molar-refractivity contribution in [2.45, 2.75) is 40.2 Å². The number of anilines is 1. The fraction of sp³-hybridized carbons (Fsp3) is 0.412. The van der Waals surface area contributed by atoms with E-state index < -0.39 is 0 Å². The van der Waals surface area contributed by atoms with Crippen LogP contribution in [0.15, 0.2) is 24.3 Å². The quantitative estimate of drug-likeness (QED) is 0.765. The topological polar surface area (TPSA) is 59.9 Å². The molecule has 1 unspecified atom stereocenters. The zero-order chi connectivity index (χ0) is 16.1. The number of aromatic nitrogens is 3. The Kier molecular flexibility index (Phi) is 7.93. The molecular formula is C17H23N4OY+2. The molecule has 0 aliphatic carbocycles. The van der Waals surface area contributed by atoms with Gasteiger partial charge in [-0.25, -0.2) is 4.98 Å². The third kappa shape index (κ3) is 5.43. The summed E-state index contributed by atoms with van der Waals surface area (Å²) >= 11 is 0. The number of aryl methyl sites for hydroxylation is 1. The third-order valence-corrected chi connectivity index (χ3v) is 3.42. The molecule has 0 fully saturated rings. The molecule has 1 heterocycles. The van der Waals surface area contributed by atoms with Gasteiger partial charge in [0.25, 0.3) is 0 Å². The Labute approximate surface area is 163 Å². The summed E-state index contributed by atoms with van der Waals surface area (Å²) in [6.07, 6.45) is 0.932. The van der Waals surface area contributed by atoms with Crippen molar-refractivity contribution in [2.75, 3.05) is 12.4 Å². The first-order valence-corrected chi connectivity index (χ1v) is 7.47. The van der Waals surface area contributed by atoms with Gasteiger partial charge in [0.15, 0.2) is 0 Å². The largest absolute Gasteiger partial charge is 3.00 e. The van der Waals surface area contributed by atoms with Crippen molar-refractivity contribution in [1.29, 1.82) is 0 Å². The second-order valence-electron chi connectivity index (χ2n) is 5.41. The van der Waals surface area contributed by atoms with Crippen molar-refractivity contribution in [3.63, 3.8) is 0 Å². The second-order valence-corrected chi connectivity index (χ2v) is 5.41. The number of nitrogens with one attached hydrogen (secondary N) is 1. The van der Waals surface area contributed by atoms with E-state index in [1.54, 1.807) is 7.11 Å². The molecule has 0 saturated heterocycles. The summed E-state index contributed by atoms with van der Waals surface area (Å²) in [5.41, 5.74) is 1.18. The minimum Gasteiger partial charge on any atom is -0.497 e. The van der Waals surface area contributed by atoms with E-state index in [-0.39, 0.29) is 38.8 Å². The van der Waals surface area contributed by atoms with Crippen LogP contribution in [0.2, 0.25) is 0 Å². The van der Waals surface area contributed by atoms with Gasteiger partial charge in [0.2, 0.25) is 5.95 Å². The van der Waals surface area contributed by atoms with E-state index in [4.69, 9.17) is 4.74 Å². The monoisotopic (exact) mass is 388 g/mol. The number of ether oxygens (including phenoxy) is 1. The Hall–Kier alpha value is -1.20. The molecular weight excluding hydrogens is 365 g/mol. The fourth-order valence-electron chi connectivity index (χ4n) is 2.18. The van der Waals surface area contributed by atoms with Gasteiger partial charge in [-0.05, 0) is 31.0 Å². The molecule has 1 aromatic carbocycles. The van der Waals surface area contributed by atoms with Crippen molar-refractivity contribution in [3.05, 3.63) is 47.4 Å². The molecule has 0 radical (unpaired) electrons. The van der Waals surface area contributed by atoms with Gasteiger partial charge >= 0.3 is 32.7 Å². The number of nitrogens with zero attached hydrogens (tertiary/aromatic N) is 3. The molecule has 0 saturated carbocycles. The molecule has 118 valence electrons. The van der Waals surface area contributed by atoms with Crippen molar-refractivity contribution in [2.24, 2.45) is 0 Å². The van der Waals surface area contributed by atoms with Gasteiger partial charge < -0.3 is 16.0 Å². The Morgan fingerprint density at radius 2 is 1.78 bits per heavy atom. The van der Waals surface area contributed by atoms with E-state index in [0.29, 0.717) is 5.95 Å². The molecule has 0 spiro atoms. The van der Waals surface area contributed by atoms with Crippen molar-refractivity contribution in [1.82, 2.24) is 15.0 Å². The van der Waals surface area contributed by atoms with Gasteiger partial charge in [-0.1, -0.05) is 19.1 Å². The molecule has 0 aliphatic heterocycles. The number of benzene rings is 1. The average molecular weight is 388 g/mol. The first kappa shape index (κ1) is 19.8. The normalized spacial score (nSPS) is 11.3. The summed E-state index contributed by atoms with van der Waals surface area (Å²) < 4.78 is 5.20. The summed E-state index contributed by atoms with van der Waals surface area (Å²) in [6.45, 7) is 8.01. The van der Waals surface area contributed by atoms with Crippen LogP contribution in [0, 0.1) is 12.8 Å². The van der Waals surface area contributed by atoms with Crippen LogP contribution in [0.1, 0.15) is 50.4 Å². The van der Waals surface area contributed by atoms with E-state index in [1.807, 2.05) is 32.9 Å². The van der Waals surface area contributed by atoms with E-state index in [2.05, 4.69) is 39.3 Å². The van der Waals surface area contributed by atoms with Crippen LogP contribution in [-0.4, -0.2) is 22.1 Å². The Morgan fingerprint density at radius 1 is 1.13 bits per heavy atom. The average Bonchev–Trinajstić information content (AvgIpc) is 2.52. The molecule has 2 rings (SSSR count). The first-order chi connectivity index (χ1) is 10.5. The molecule has 1 aromatic heterocycles. The summed E-state index contributed by atoms with van der Waals surface area (Å²) in [5.74, 6) is 4.00. The van der Waals surface area contributed by atoms with Crippen molar-refractivity contribution < 1.29 is 37.4 Å². The zero-order valence-corrected chi connectivity index (χ0v) is 17.3. The van der Waals surface area contributed by atoms with Gasteiger partial charge in [-0.15, -0.1) is 0 Å². The minimum atomic E-state index is 0. The predicted molar refractivity (Wildman–Crippen MR) is 87.9 cm³/mol. The Balaban J connectivity index is 0.00000264. The SMILES string of the molecule is CCC(Nc1nc(C)nc([C-](C)C)n1)c1ccc(OC)cc1.[Y+3]. The molecule has 1 atom stereocenters. The molecule has 23 heavy (non-hydrogen) atoms. The molecule has 0 bridgehead atoms. The van der Waals surface area contributed by atoms with Crippen LogP contribution in [0.4, 0.5) is 5.95 Å². The van der Waals surface area contributed by atoms with Gasteiger partial charge in [0, 0.05) is 5.82 Å². The molecule has 2 aromatic rings.